The minimum atomic E-state index is -4.37. The van der Waals surface area contributed by atoms with Crippen LogP contribution in [0.1, 0.15) is 142 Å². The molecule has 1 N–H and O–H groups in total. The minimum Gasteiger partial charge on any atom is -0.462 e. The highest BCUT2D eigenvalue weighted by Crippen LogP contribution is 2.43. The number of nitrogens with zero attached hydrogens (tertiary/aromatic N) is 1. The van der Waals surface area contributed by atoms with Crippen LogP contribution in [0.15, 0.2) is 60.8 Å². The number of hydrogen-bond acceptors (Lipinski definition) is 8. The number of allylic oxidation sites excluding steroid dienone is 10. The molecule has 2 atom stereocenters. The van der Waals surface area contributed by atoms with Crippen molar-refractivity contribution in [3.05, 3.63) is 60.8 Å². The summed E-state index contributed by atoms with van der Waals surface area (Å²) in [5, 5.41) is 0. The molecular weight excluding hydrogens is 665 g/mol. The summed E-state index contributed by atoms with van der Waals surface area (Å²) in [5.41, 5.74) is 0. The molecule has 0 aliphatic heterocycles. The average molecular weight is 738 g/mol. The van der Waals surface area contributed by atoms with Crippen molar-refractivity contribution < 1.29 is 37.6 Å². The molecule has 0 bridgehead atoms. The second-order valence-corrected chi connectivity index (χ2v) is 14.5. The molecule has 0 saturated carbocycles. The van der Waals surface area contributed by atoms with Gasteiger partial charge in [0.2, 0.25) is 0 Å². The highest BCUT2D eigenvalue weighted by molar-refractivity contribution is 7.47. The Morgan fingerprint density at radius 2 is 1.12 bits per heavy atom. The third-order valence-corrected chi connectivity index (χ3v) is 8.82. The second kappa shape index (κ2) is 36.1. The summed E-state index contributed by atoms with van der Waals surface area (Å²) in [6, 6.07) is 0. The third kappa shape index (κ3) is 37.3. The van der Waals surface area contributed by atoms with E-state index in [-0.39, 0.29) is 32.0 Å². The van der Waals surface area contributed by atoms with E-state index in [0.29, 0.717) is 19.4 Å². The Balaban J connectivity index is 4.47. The first-order valence-electron chi connectivity index (χ1n) is 19.6. The summed E-state index contributed by atoms with van der Waals surface area (Å²) in [7, 11) is -0.744. The lowest BCUT2D eigenvalue weighted by Gasteiger charge is -2.20. The Hall–Kier alpha value is -2.29. The van der Waals surface area contributed by atoms with Gasteiger partial charge in [-0.25, -0.2) is 4.57 Å². The molecule has 2 unspecified atom stereocenters. The van der Waals surface area contributed by atoms with Crippen molar-refractivity contribution in [3.63, 3.8) is 0 Å². The Morgan fingerprint density at radius 1 is 0.627 bits per heavy atom. The summed E-state index contributed by atoms with van der Waals surface area (Å²) >= 11 is 0. The van der Waals surface area contributed by atoms with Crippen LogP contribution >= 0.6 is 7.82 Å². The molecule has 294 valence electrons. The third-order valence-electron chi connectivity index (χ3n) is 7.84. The van der Waals surface area contributed by atoms with Crippen LogP contribution in [0.5, 0.6) is 0 Å². The zero-order valence-corrected chi connectivity index (χ0v) is 33.4. The van der Waals surface area contributed by atoms with E-state index in [2.05, 4.69) is 68.5 Å². The Morgan fingerprint density at radius 3 is 1.65 bits per heavy atom. The van der Waals surface area contributed by atoms with Crippen LogP contribution in [0.2, 0.25) is 0 Å². The standard InChI is InChI=1S/C41H72NO8P/c1-5-7-9-11-13-15-17-18-19-20-21-22-24-26-28-30-32-34-41(44)50-39(38-49-51(45,46)48-36-35-42(3)4)37-47-40(43)33-31-29-27-25-23-16-14-12-10-8-6-2/h7,9,13,15,18-19,21-22,26,28,39H,5-6,8,10-12,14,16-17,20,23-25,27,29-38H2,1-4H3,(H,45,46)/b9-7-,15-13-,19-18-,22-21-,28-26-. The molecule has 0 rings (SSSR count). The normalized spacial score (nSPS) is 14.2. The molecule has 0 radical (unpaired) electrons. The highest BCUT2D eigenvalue weighted by Gasteiger charge is 2.26. The smallest absolute Gasteiger partial charge is 0.462 e. The van der Waals surface area contributed by atoms with Crippen molar-refractivity contribution in [2.75, 3.05) is 40.5 Å². The van der Waals surface area contributed by atoms with Gasteiger partial charge in [-0.15, -0.1) is 0 Å². The minimum absolute atomic E-state index is 0.00498. The highest BCUT2D eigenvalue weighted by atomic mass is 31.2. The van der Waals surface area contributed by atoms with Crippen LogP contribution in [0.3, 0.4) is 0 Å². The Kier molecular flexibility index (Phi) is 34.5. The van der Waals surface area contributed by atoms with Crippen molar-refractivity contribution in [3.8, 4) is 0 Å². The van der Waals surface area contributed by atoms with Gasteiger partial charge in [0.15, 0.2) is 6.10 Å². The molecule has 9 nitrogen and oxygen atoms in total. The van der Waals surface area contributed by atoms with Crippen molar-refractivity contribution in [1.29, 1.82) is 0 Å². The predicted octanol–water partition coefficient (Wildman–Crippen LogP) is 10.8. The van der Waals surface area contributed by atoms with E-state index in [0.717, 1.165) is 51.4 Å². The summed E-state index contributed by atoms with van der Waals surface area (Å²) in [6.07, 6.45) is 39.9. The monoisotopic (exact) mass is 737 g/mol. The maximum absolute atomic E-state index is 12.6. The molecule has 0 heterocycles. The largest absolute Gasteiger partial charge is 0.472 e. The molecule has 0 aliphatic carbocycles. The zero-order chi connectivity index (χ0) is 37.7. The number of carbonyl (C=O) groups is 2. The van der Waals surface area contributed by atoms with Gasteiger partial charge in [-0.2, -0.15) is 0 Å². The van der Waals surface area contributed by atoms with Gasteiger partial charge < -0.3 is 19.3 Å². The predicted molar refractivity (Wildman–Crippen MR) is 211 cm³/mol. The number of esters is 2. The summed E-state index contributed by atoms with van der Waals surface area (Å²) in [5.74, 6) is -0.876. The summed E-state index contributed by atoms with van der Waals surface area (Å²) < 4.78 is 33.3. The fourth-order valence-corrected chi connectivity index (χ4v) is 5.58. The molecule has 0 spiro atoms. The van der Waals surface area contributed by atoms with Crippen LogP contribution in [-0.4, -0.2) is 68.3 Å². The van der Waals surface area contributed by atoms with E-state index < -0.39 is 26.5 Å². The number of ether oxygens (including phenoxy) is 2. The average Bonchev–Trinajstić information content (AvgIpc) is 3.09. The van der Waals surface area contributed by atoms with E-state index >= 15 is 0 Å². The van der Waals surface area contributed by atoms with Gasteiger partial charge in [0.25, 0.3) is 0 Å². The number of hydrogen-bond donors (Lipinski definition) is 1. The SMILES string of the molecule is CC/C=C\C/C=C\C/C=C\C/C=C\C/C=C\CCCC(=O)OC(COC(=O)CCCCCCCCCCCCC)COP(=O)(O)OCCN(C)C. The summed E-state index contributed by atoms with van der Waals surface area (Å²) in [4.78, 5) is 36.8. The van der Waals surface area contributed by atoms with Crippen LogP contribution in [-0.2, 0) is 32.7 Å². The van der Waals surface area contributed by atoms with Gasteiger partial charge >= 0.3 is 19.8 Å². The van der Waals surface area contributed by atoms with Crippen molar-refractivity contribution in [2.45, 2.75) is 148 Å². The van der Waals surface area contributed by atoms with Gasteiger partial charge in [0, 0.05) is 19.4 Å². The van der Waals surface area contributed by atoms with Gasteiger partial charge in [0.1, 0.15) is 6.61 Å². The number of phosphoric acid groups is 1. The molecule has 0 aromatic carbocycles. The maximum Gasteiger partial charge on any atom is 0.472 e. The number of rotatable bonds is 35. The van der Waals surface area contributed by atoms with Gasteiger partial charge in [-0.05, 0) is 65.5 Å². The lowest BCUT2D eigenvalue weighted by molar-refractivity contribution is -0.161. The van der Waals surface area contributed by atoms with Gasteiger partial charge in [-0.3, -0.25) is 18.6 Å². The van der Waals surface area contributed by atoms with Crippen LogP contribution in [0.25, 0.3) is 0 Å². The first-order chi connectivity index (χ1) is 24.7. The van der Waals surface area contributed by atoms with E-state index in [1.165, 1.54) is 51.4 Å². The molecule has 0 fully saturated rings. The second-order valence-electron chi connectivity index (χ2n) is 13.1. The Bertz CT molecular complexity index is 1040. The lowest BCUT2D eigenvalue weighted by atomic mass is 10.1. The number of carbonyl (C=O) groups excluding carboxylic acids is 2. The lowest BCUT2D eigenvalue weighted by Crippen LogP contribution is -2.29. The Labute approximate surface area is 311 Å². The fourth-order valence-electron chi connectivity index (χ4n) is 4.84. The molecule has 0 saturated heterocycles. The summed E-state index contributed by atoms with van der Waals surface area (Å²) in [6.45, 7) is 4.11. The molecule has 0 amide bonds. The van der Waals surface area contributed by atoms with Gasteiger partial charge in [0.05, 0.1) is 13.2 Å². The van der Waals surface area contributed by atoms with E-state index in [1.54, 1.807) is 4.90 Å². The molecule has 10 heteroatoms. The van der Waals surface area contributed by atoms with Crippen molar-refractivity contribution in [2.24, 2.45) is 0 Å². The van der Waals surface area contributed by atoms with Crippen LogP contribution in [0, 0.1) is 0 Å². The molecular formula is C41H72NO8P. The van der Waals surface area contributed by atoms with E-state index in [9.17, 15) is 19.0 Å². The first kappa shape index (κ1) is 48.7. The quantitative estimate of drug-likeness (QED) is 0.0294. The van der Waals surface area contributed by atoms with Crippen molar-refractivity contribution in [1.82, 2.24) is 4.90 Å². The van der Waals surface area contributed by atoms with Crippen LogP contribution < -0.4 is 0 Å². The zero-order valence-electron chi connectivity index (χ0n) is 32.5. The molecule has 0 aliphatic rings. The van der Waals surface area contributed by atoms with E-state index in [4.69, 9.17) is 18.5 Å². The molecule has 0 aromatic heterocycles. The van der Waals surface area contributed by atoms with Crippen molar-refractivity contribution >= 4 is 19.8 Å². The fraction of sp³-hybridized carbons (Fsp3) is 0.707. The maximum atomic E-state index is 12.6. The van der Waals surface area contributed by atoms with Crippen LogP contribution in [0.4, 0.5) is 0 Å². The number of unbranched alkanes of at least 4 members (excludes halogenated alkanes) is 11. The number of likely N-dealkylation sites (N-methyl/N-ethyl adjacent to an activating group) is 1. The first-order valence-corrected chi connectivity index (χ1v) is 21.1. The van der Waals surface area contributed by atoms with E-state index in [1.807, 2.05) is 20.2 Å². The topological polar surface area (TPSA) is 112 Å². The number of phosphoric ester groups is 1. The van der Waals surface area contributed by atoms with Gasteiger partial charge in [-0.1, -0.05) is 139 Å². The molecule has 0 aromatic rings. The molecule has 51 heavy (non-hydrogen) atoms.